The zero-order chi connectivity index (χ0) is 27.8. The van der Waals surface area contributed by atoms with Crippen LogP contribution in [-0.2, 0) is 19.1 Å². The monoisotopic (exact) mass is 545 g/mol. The minimum atomic E-state index is -1.18. The summed E-state index contributed by atoms with van der Waals surface area (Å²) in [6.07, 6.45) is 1.44. The summed E-state index contributed by atoms with van der Waals surface area (Å²) in [5.41, 5.74) is 1.58. The third-order valence-corrected chi connectivity index (χ3v) is 7.48. The number of carboxylic acid groups (broad SMARTS) is 1. The van der Waals surface area contributed by atoms with Gasteiger partial charge in [0.1, 0.15) is 23.4 Å². The molecule has 0 bridgehead atoms. The summed E-state index contributed by atoms with van der Waals surface area (Å²) in [7, 11) is 1.53. The van der Waals surface area contributed by atoms with Crippen molar-refractivity contribution in [3.05, 3.63) is 103 Å². The second kappa shape index (κ2) is 10.2. The molecular weight excluding hydrogens is 522 g/mol. The zero-order valence-corrected chi connectivity index (χ0v) is 21.9. The number of thiazole rings is 1. The SMILES string of the molecule is C=CCOC(=O)C1=C(C)N=c2s/c(=C3\C(=O)N(CC(=O)O)c4ccccc43)c(=O)n2C1c1ccc(OC)cc1. The summed E-state index contributed by atoms with van der Waals surface area (Å²) in [4.78, 5) is 58.2. The number of rotatable bonds is 7. The number of amides is 1. The summed E-state index contributed by atoms with van der Waals surface area (Å²) < 4.78 is 12.1. The fraction of sp³-hybridized carbons (Fsp3) is 0.179. The number of methoxy groups -OCH3 is 1. The Morgan fingerprint density at radius 2 is 1.87 bits per heavy atom. The number of ether oxygens (including phenoxy) is 2. The van der Waals surface area contributed by atoms with Gasteiger partial charge >= 0.3 is 11.9 Å². The van der Waals surface area contributed by atoms with E-state index in [0.29, 0.717) is 33.1 Å². The van der Waals surface area contributed by atoms with Crippen molar-refractivity contribution < 1.29 is 29.0 Å². The molecule has 5 rings (SSSR count). The minimum absolute atomic E-state index is 0.0236. The molecule has 1 atom stereocenters. The van der Waals surface area contributed by atoms with Crippen molar-refractivity contribution >= 4 is 40.4 Å². The van der Waals surface area contributed by atoms with Crippen molar-refractivity contribution in [2.75, 3.05) is 25.2 Å². The fourth-order valence-corrected chi connectivity index (χ4v) is 5.88. The predicted octanol–water partition coefficient (Wildman–Crippen LogP) is 1.77. The van der Waals surface area contributed by atoms with Gasteiger partial charge in [0.05, 0.1) is 35.7 Å². The molecule has 2 aromatic carbocycles. The van der Waals surface area contributed by atoms with Gasteiger partial charge in [0.15, 0.2) is 4.80 Å². The summed E-state index contributed by atoms with van der Waals surface area (Å²) in [6.45, 7) is 4.66. The van der Waals surface area contributed by atoms with Crippen LogP contribution >= 0.6 is 11.3 Å². The van der Waals surface area contributed by atoms with E-state index in [9.17, 15) is 24.3 Å². The number of para-hydroxylation sites is 1. The lowest BCUT2D eigenvalue weighted by atomic mass is 9.96. The first-order valence-corrected chi connectivity index (χ1v) is 12.7. The third kappa shape index (κ3) is 4.36. The first-order chi connectivity index (χ1) is 18.8. The van der Waals surface area contributed by atoms with Crippen LogP contribution in [0.5, 0.6) is 5.75 Å². The number of allylic oxidation sites excluding steroid dienone is 1. The topological polar surface area (TPSA) is 128 Å². The molecule has 3 aromatic rings. The van der Waals surface area contributed by atoms with E-state index in [1.807, 2.05) is 0 Å². The molecule has 39 heavy (non-hydrogen) atoms. The normalized spacial score (nSPS) is 17.3. The lowest BCUT2D eigenvalue weighted by Crippen LogP contribution is -2.41. The predicted molar refractivity (Wildman–Crippen MR) is 143 cm³/mol. The van der Waals surface area contributed by atoms with E-state index in [2.05, 4.69) is 11.6 Å². The van der Waals surface area contributed by atoms with E-state index in [0.717, 1.165) is 16.2 Å². The van der Waals surface area contributed by atoms with Gasteiger partial charge in [-0.05, 0) is 30.7 Å². The van der Waals surface area contributed by atoms with Gasteiger partial charge < -0.3 is 14.6 Å². The molecule has 198 valence electrons. The van der Waals surface area contributed by atoms with Crippen molar-refractivity contribution in [1.82, 2.24) is 4.57 Å². The number of esters is 1. The molecule has 1 unspecified atom stereocenters. The fourth-order valence-electron chi connectivity index (χ4n) is 4.74. The van der Waals surface area contributed by atoms with Crippen LogP contribution in [0.3, 0.4) is 0 Å². The van der Waals surface area contributed by atoms with Gasteiger partial charge in [-0.15, -0.1) is 0 Å². The Hall–Kier alpha value is -4.77. The number of nitrogens with zero attached hydrogens (tertiary/aromatic N) is 3. The van der Waals surface area contributed by atoms with Crippen LogP contribution in [0.25, 0.3) is 5.57 Å². The van der Waals surface area contributed by atoms with Crippen molar-refractivity contribution in [2.45, 2.75) is 13.0 Å². The Morgan fingerprint density at radius 3 is 2.54 bits per heavy atom. The van der Waals surface area contributed by atoms with Crippen LogP contribution in [0, 0.1) is 0 Å². The smallest absolute Gasteiger partial charge is 0.338 e. The molecule has 1 amide bonds. The van der Waals surface area contributed by atoms with Crippen LogP contribution in [0.1, 0.15) is 24.1 Å². The van der Waals surface area contributed by atoms with Crippen molar-refractivity contribution in [2.24, 2.45) is 4.99 Å². The van der Waals surface area contributed by atoms with Gasteiger partial charge in [-0.3, -0.25) is 23.9 Å². The number of hydrogen-bond donors (Lipinski definition) is 1. The maximum Gasteiger partial charge on any atom is 0.338 e. The molecule has 0 aliphatic carbocycles. The number of carboxylic acids is 1. The Balaban J connectivity index is 1.78. The summed E-state index contributed by atoms with van der Waals surface area (Å²) in [6, 6.07) is 12.8. The van der Waals surface area contributed by atoms with Crippen LogP contribution in [0.2, 0.25) is 0 Å². The number of hydrogen-bond acceptors (Lipinski definition) is 8. The molecule has 2 aliphatic heterocycles. The largest absolute Gasteiger partial charge is 0.497 e. The van der Waals surface area contributed by atoms with E-state index in [1.54, 1.807) is 55.5 Å². The average Bonchev–Trinajstić information content (AvgIpc) is 3.38. The standard InChI is InChI=1S/C28H23N3O7S/c1-4-13-38-27(36)21-15(2)29-28-31(23(21)16-9-11-17(37-3)12-10-16)26(35)24(39-28)22-18-7-5-6-8-19(18)30(25(22)34)14-20(32)33/h4-12,23H,1,13-14H2,2-3H3,(H,32,33)/b24-22-. The van der Waals surface area contributed by atoms with Crippen molar-refractivity contribution in [1.29, 1.82) is 0 Å². The quantitative estimate of drug-likeness (QED) is 0.354. The van der Waals surface area contributed by atoms with E-state index >= 15 is 0 Å². The van der Waals surface area contributed by atoms with Crippen molar-refractivity contribution in [3.8, 4) is 5.75 Å². The number of benzene rings is 2. The molecule has 0 saturated heterocycles. The van der Waals surface area contributed by atoms with Crippen LogP contribution in [0.15, 0.2) is 82.2 Å². The van der Waals surface area contributed by atoms with E-state index in [4.69, 9.17) is 9.47 Å². The van der Waals surface area contributed by atoms with Gasteiger partial charge in [-0.25, -0.2) is 9.79 Å². The molecule has 0 fully saturated rings. The van der Waals surface area contributed by atoms with Gasteiger partial charge in [-0.1, -0.05) is 54.3 Å². The van der Waals surface area contributed by atoms with E-state index < -0.39 is 36.0 Å². The number of fused-ring (bicyclic) bond motifs is 2. The van der Waals surface area contributed by atoms with Crippen molar-refractivity contribution in [3.63, 3.8) is 0 Å². The summed E-state index contributed by atoms with van der Waals surface area (Å²) in [5.74, 6) is -1.83. The molecular formula is C28H23N3O7S. The van der Waals surface area contributed by atoms with Crippen LogP contribution < -0.4 is 24.5 Å². The van der Waals surface area contributed by atoms with Gasteiger partial charge in [0, 0.05) is 5.56 Å². The molecule has 1 N–H and O–H groups in total. The van der Waals surface area contributed by atoms with Gasteiger partial charge in [-0.2, -0.15) is 0 Å². The Kier molecular flexibility index (Phi) is 6.75. The van der Waals surface area contributed by atoms with E-state index in [1.165, 1.54) is 17.8 Å². The number of aromatic nitrogens is 1. The number of carbonyl (C=O) groups excluding carboxylic acids is 2. The lowest BCUT2D eigenvalue weighted by molar-refractivity contribution is -0.138. The van der Waals surface area contributed by atoms with Gasteiger partial charge in [0.2, 0.25) is 0 Å². The molecule has 0 radical (unpaired) electrons. The maximum absolute atomic E-state index is 14.1. The zero-order valence-electron chi connectivity index (χ0n) is 21.0. The highest BCUT2D eigenvalue weighted by Gasteiger charge is 2.38. The molecule has 2 aliphatic rings. The van der Waals surface area contributed by atoms with Crippen LogP contribution in [-0.4, -0.2) is 47.8 Å². The third-order valence-electron chi connectivity index (χ3n) is 6.42. The summed E-state index contributed by atoms with van der Waals surface area (Å²) >= 11 is 1.01. The highest BCUT2D eigenvalue weighted by atomic mass is 32.1. The molecule has 3 heterocycles. The number of anilines is 1. The Bertz CT molecular complexity index is 1750. The van der Waals surface area contributed by atoms with Gasteiger partial charge in [0.25, 0.3) is 11.5 Å². The highest BCUT2D eigenvalue weighted by molar-refractivity contribution is 7.07. The molecule has 1 aromatic heterocycles. The molecule has 0 spiro atoms. The average molecular weight is 546 g/mol. The minimum Gasteiger partial charge on any atom is -0.497 e. The molecule has 11 heteroatoms. The van der Waals surface area contributed by atoms with E-state index in [-0.39, 0.29) is 22.3 Å². The first kappa shape index (κ1) is 25.9. The number of carbonyl (C=O) groups is 3. The number of aliphatic carboxylic acids is 1. The second-order valence-corrected chi connectivity index (χ2v) is 9.72. The molecule has 0 saturated carbocycles. The Morgan fingerprint density at radius 1 is 1.15 bits per heavy atom. The summed E-state index contributed by atoms with van der Waals surface area (Å²) in [5, 5.41) is 9.39. The maximum atomic E-state index is 14.1. The lowest BCUT2D eigenvalue weighted by Gasteiger charge is -2.24. The van der Waals surface area contributed by atoms with Crippen LogP contribution in [0.4, 0.5) is 5.69 Å². The highest BCUT2D eigenvalue weighted by Crippen LogP contribution is 2.35. The Labute approximate surface area is 226 Å². The first-order valence-electron chi connectivity index (χ1n) is 11.9. The molecule has 10 nitrogen and oxygen atoms in total. The second-order valence-electron chi connectivity index (χ2n) is 8.74.